The number of nitrogens with zero attached hydrogens (tertiary/aromatic N) is 2. The molecule has 0 aromatic heterocycles. The lowest BCUT2D eigenvalue weighted by Gasteiger charge is -2.14. The lowest BCUT2D eigenvalue weighted by Crippen LogP contribution is -2.15. The number of para-hydroxylation sites is 2. The monoisotopic (exact) mass is 905 g/mol. The van der Waals surface area contributed by atoms with Gasteiger partial charge in [-0.25, -0.2) is 0 Å². The third kappa shape index (κ3) is 33.7. The Morgan fingerprint density at radius 1 is 0.303 bits per heavy atom. The topological polar surface area (TPSA) is 24.7 Å². The molecule has 0 unspecified atom stereocenters. The van der Waals surface area contributed by atoms with E-state index >= 15 is 0 Å². The van der Waals surface area contributed by atoms with E-state index in [0.29, 0.717) is 0 Å². The molecule has 2 rings (SSSR count). The van der Waals surface area contributed by atoms with Crippen molar-refractivity contribution in [2.75, 3.05) is 0 Å². The van der Waals surface area contributed by atoms with Crippen LogP contribution in [0.1, 0.15) is 296 Å². The van der Waals surface area contributed by atoms with Crippen LogP contribution in [0.5, 0.6) is 0 Å². The molecule has 0 aliphatic rings. The van der Waals surface area contributed by atoms with Gasteiger partial charge in [0.25, 0.3) is 0 Å². The molecule has 374 valence electrons. The van der Waals surface area contributed by atoms with Crippen molar-refractivity contribution >= 4 is 22.8 Å². The van der Waals surface area contributed by atoms with Gasteiger partial charge in [-0.15, -0.1) is 0 Å². The summed E-state index contributed by atoms with van der Waals surface area (Å²) in [5.74, 6) is 0. The quantitative estimate of drug-likeness (QED) is 0.0359. The van der Waals surface area contributed by atoms with E-state index in [1.165, 1.54) is 241 Å². The minimum Gasteiger partial charge on any atom is -0.251 e. The molecule has 0 spiro atoms. The van der Waals surface area contributed by atoms with Gasteiger partial charge in [-0.2, -0.15) is 0 Å². The van der Waals surface area contributed by atoms with Crippen LogP contribution >= 0.6 is 0 Å². The predicted molar refractivity (Wildman–Crippen MR) is 300 cm³/mol. The summed E-state index contributed by atoms with van der Waals surface area (Å²) >= 11 is 0. The van der Waals surface area contributed by atoms with Crippen molar-refractivity contribution in [1.29, 1.82) is 0 Å². The maximum Gasteiger partial charge on any atom is 0.0665 e. The van der Waals surface area contributed by atoms with Crippen LogP contribution < -0.4 is 0 Å². The summed E-state index contributed by atoms with van der Waals surface area (Å²) in [6, 6.07) is 17.9. The fourth-order valence-corrected chi connectivity index (χ4v) is 9.41. The molecule has 2 aromatic carbocycles. The third-order valence-electron chi connectivity index (χ3n) is 13.8. The molecule has 0 N–H and O–H groups in total. The Labute approximate surface area is 412 Å². The second kappa shape index (κ2) is 46.0. The predicted octanol–water partition coefficient (Wildman–Crippen LogP) is 22.4. The van der Waals surface area contributed by atoms with Gasteiger partial charge < -0.3 is 0 Å². The van der Waals surface area contributed by atoms with Gasteiger partial charge in [-0.3, -0.25) is 9.98 Å². The first-order valence-corrected chi connectivity index (χ1v) is 29.3. The Morgan fingerprint density at radius 3 is 0.924 bits per heavy atom. The first-order valence-electron chi connectivity index (χ1n) is 29.3. The minimum atomic E-state index is 0.989. The number of benzene rings is 2. The van der Waals surface area contributed by atoms with Crippen molar-refractivity contribution in [2.24, 2.45) is 9.98 Å². The second-order valence-corrected chi connectivity index (χ2v) is 20.1. The lowest BCUT2D eigenvalue weighted by atomic mass is 10.00. The molecule has 0 aliphatic carbocycles. The molecule has 0 aliphatic heterocycles. The summed E-state index contributed by atoms with van der Waals surface area (Å²) in [6.45, 7) is 9.23. The molecule has 0 radical (unpaired) electrons. The molecular formula is C64H108N2. The highest BCUT2D eigenvalue weighted by molar-refractivity contribution is 6.43. The van der Waals surface area contributed by atoms with E-state index in [4.69, 9.17) is 9.98 Å². The van der Waals surface area contributed by atoms with E-state index in [0.717, 1.165) is 62.7 Å². The SMILES string of the molecule is CCCCCCCCCCCCCCC/C=C/CCc1ccccc1N=C(CCCC)C(CCCCCCCC)=Nc1ccccc1CC/C=C/CCCCCCCCCCCCCCC. The summed E-state index contributed by atoms with van der Waals surface area (Å²) in [6.07, 6.45) is 65.3. The molecule has 2 nitrogen and oxygen atoms in total. The summed E-state index contributed by atoms with van der Waals surface area (Å²) in [5.41, 5.74) is 7.45. The van der Waals surface area contributed by atoms with Crippen LogP contribution in [-0.2, 0) is 12.8 Å². The van der Waals surface area contributed by atoms with Crippen molar-refractivity contribution < 1.29 is 0 Å². The van der Waals surface area contributed by atoms with E-state index in [2.05, 4.69) is 101 Å². The van der Waals surface area contributed by atoms with Gasteiger partial charge in [0.15, 0.2) is 0 Å². The van der Waals surface area contributed by atoms with E-state index < -0.39 is 0 Å². The van der Waals surface area contributed by atoms with Crippen LogP contribution in [0.3, 0.4) is 0 Å². The number of unbranched alkanes of at least 4 members (excludes halogenated alkanes) is 32. The van der Waals surface area contributed by atoms with Crippen LogP contribution in [0, 0.1) is 0 Å². The molecule has 0 saturated carbocycles. The molecule has 66 heavy (non-hydrogen) atoms. The van der Waals surface area contributed by atoms with Crippen LogP contribution in [-0.4, -0.2) is 11.4 Å². The number of hydrogen-bond acceptors (Lipinski definition) is 2. The average Bonchev–Trinajstić information content (AvgIpc) is 3.33. The van der Waals surface area contributed by atoms with E-state index in [1.54, 1.807) is 0 Å². The Morgan fingerprint density at radius 2 is 0.576 bits per heavy atom. The Balaban J connectivity index is 1.95. The molecule has 0 fully saturated rings. The van der Waals surface area contributed by atoms with Crippen LogP contribution in [0.2, 0.25) is 0 Å². The highest BCUT2D eigenvalue weighted by Gasteiger charge is 2.13. The molecular weight excluding hydrogens is 797 g/mol. The highest BCUT2D eigenvalue weighted by Crippen LogP contribution is 2.26. The van der Waals surface area contributed by atoms with Crippen molar-refractivity contribution in [1.82, 2.24) is 0 Å². The first-order chi connectivity index (χ1) is 32.7. The average molecular weight is 906 g/mol. The standard InChI is InChI=1S/C64H108N2/c1-5-9-13-16-19-21-23-25-27-29-31-33-35-37-39-41-44-51-59-53-47-49-56-61(59)65-63(55-12-8-4)64(58-46-43-18-15-11-7-3)66-62-57-50-48-54-60(62)52-45-42-40-38-36-34-32-30-28-26-24-22-20-17-14-10-6-2/h39-42,47-50,53-54,56-57H,5-38,43-46,51-52,55,58H2,1-4H3/b41-39+,42-40+,65-63?,66-64?. The molecule has 2 aromatic rings. The summed E-state index contributed by atoms with van der Waals surface area (Å²) in [4.78, 5) is 11.1. The highest BCUT2D eigenvalue weighted by atomic mass is 14.8. The molecule has 0 heterocycles. The fraction of sp³-hybridized carbons (Fsp3) is 0.719. The zero-order valence-corrected chi connectivity index (χ0v) is 44.5. The van der Waals surface area contributed by atoms with Crippen molar-refractivity contribution in [3.05, 3.63) is 84.0 Å². The van der Waals surface area contributed by atoms with Crippen LogP contribution in [0.25, 0.3) is 0 Å². The zero-order valence-electron chi connectivity index (χ0n) is 44.5. The molecule has 0 amide bonds. The van der Waals surface area contributed by atoms with Gasteiger partial charge in [-0.1, -0.05) is 281 Å². The van der Waals surface area contributed by atoms with Gasteiger partial charge in [-0.05, 0) is 100 Å². The minimum absolute atomic E-state index is 0.989. The largest absolute Gasteiger partial charge is 0.251 e. The number of aryl methyl sites for hydroxylation is 2. The Bertz CT molecular complexity index is 1480. The third-order valence-corrected chi connectivity index (χ3v) is 13.8. The first kappa shape index (κ1) is 59.4. The molecule has 0 atom stereocenters. The van der Waals surface area contributed by atoms with Crippen molar-refractivity contribution in [3.63, 3.8) is 0 Å². The van der Waals surface area contributed by atoms with E-state index in [9.17, 15) is 0 Å². The summed E-state index contributed by atoms with van der Waals surface area (Å²) in [5, 5.41) is 0. The Hall–Kier alpha value is -2.74. The smallest absolute Gasteiger partial charge is 0.0665 e. The lowest BCUT2D eigenvalue weighted by molar-refractivity contribution is 0.540. The zero-order chi connectivity index (χ0) is 47.1. The number of allylic oxidation sites excluding steroid dienone is 4. The summed E-state index contributed by atoms with van der Waals surface area (Å²) < 4.78 is 0. The maximum absolute atomic E-state index is 5.57. The number of rotatable bonds is 47. The van der Waals surface area contributed by atoms with E-state index in [-0.39, 0.29) is 0 Å². The second-order valence-electron chi connectivity index (χ2n) is 20.1. The fourth-order valence-electron chi connectivity index (χ4n) is 9.41. The van der Waals surface area contributed by atoms with Crippen LogP contribution in [0.15, 0.2) is 82.8 Å². The Kier molecular flexibility index (Phi) is 41.4. The number of aliphatic imine (C=N–C) groups is 2. The van der Waals surface area contributed by atoms with E-state index in [1.807, 2.05) is 0 Å². The van der Waals surface area contributed by atoms with Gasteiger partial charge in [0.05, 0.1) is 22.8 Å². The normalized spacial score (nSPS) is 12.4. The summed E-state index contributed by atoms with van der Waals surface area (Å²) in [7, 11) is 0. The molecule has 0 saturated heterocycles. The van der Waals surface area contributed by atoms with Gasteiger partial charge in [0.2, 0.25) is 0 Å². The molecule has 2 heteroatoms. The van der Waals surface area contributed by atoms with Crippen LogP contribution in [0.4, 0.5) is 11.4 Å². The van der Waals surface area contributed by atoms with Crippen molar-refractivity contribution in [3.8, 4) is 0 Å². The molecule has 0 bridgehead atoms. The maximum atomic E-state index is 5.57. The van der Waals surface area contributed by atoms with Crippen molar-refractivity contribution in [2.45, 2.75) is 297 Å². The van der Waals surface area contributed by atoms with Gasteiger partial charge >= 0.3 is 0 Å². The van der Waals surface area contributed by atoms with Gasteiger partial charge in [0, 0.05) is 0 Å². The van der Waals surface area contributed by atoms with Gasteiger partial charge in [0.1, 0.15) is 0 Å². The number of hydrogen-bond donors (Lipinski definition) is 0.